The van der Waals surface area contributed by atoms with Gasteiger partial charge in [-0.05, 0) is 61.4 Å². The van der Waals surface area contributed by atoms with Gasteiger partial charge < -0.3 is 31.2 Å². The van der Waals surface area contributed by atoms with Crippen LogP contribution >= 0.6 is 0 Å². The molecule has 0 spiro atoms. The van der Waals surface area contributed by atoms with Crippen molar-refractivity contribution in [3.8, 4) is 0 Å². The second kappa shape index (κ2) is 13.0. The number of rotatable bonds is 8. The van der Waals surface area contributed by atoms with E-state index in [4.69, 9.17) is 5.73 Å². The lowest BCUT2D eigenvalue weighted by atomic mass is 9.81. The van der Waals surface area contributed by atoms with Crippen LogP contribution in [0.1, 0.15) is 41.6 Å². The summed E-state index contributed by atoms with van der Waals surface area (Å²) >= 11 is 0. The molecule has 3 atom stereocenters. The number of fused-ring (bicyclic) bond motifs is 1. The number of nitrogens with zero attached hydrogens (tertiary/aromatic N) is 2. The van der Waals surface area contributed by atoms with Crippen molar-refractivity contribution in [1.29, 1.82) is 0 Å². The second-order valence-corrected chi connectivity index (χ2v) is 11.1. The number of benzene rings is 2. The Morgan fingerprint density at radius 1 is 0.925 bits per heavy atom. The summed E-state index contributed by atoms with van der Waals surface area (Å²) in [6, 6.07) is 16.1. The molecule has 40 heavy (non-hydrogen) atoms. The van der Waals surface area contributed by atoms with E-state index in [1.165, 1.54) is 0 Å². The number of nitrogens with one attached hydrogen (secondary N) is 3. The van der Waals surface area contributed by atoms with Gasteiger partial charge in [0.1, 0.15) is 6.04 Å². The number of para-hydroxylation sites is 1. The minimum absolute atomic E-state index is 0.0307. The molecule has 2 heterocycles. The van der Waals surface area contributed by atoms with Crippen molar-refractivity contribution < 1.29 is 14.4 Å². The highest BCUT2D eigenvalue weighted by Crippen LogP contribution is 2.28. The van der Waals surface area contributed by atoms with Crippen molar-refractivity contribution in [3.05, 3.63) is 71.9 Å². The minimum atomic E-state index is -0.718. The summed E-state index contributed by atoms with van der Waals surface area (Å²) in [6.07, 6.45) is 6.70. The zero-order chi connectivity index (χ0) is 27.9. The molecule has 3 unspecified atom stereocenters. The maximum atomic E-state index is 13.5. The van der Waals surface area contributed by atoms with Crippen LogP contribution in [0.3, 0.4) is 0 Å². The summed E-state index contributed by atoms with van der Waals surface area (Å²) in [5, 5.41) is 7.18. The van der Waals surface area contributed by atoms with E-state index in [-0.39, 0.29) is 17.8 Å². The number of urea groups is 1. The molecule has 1 saturated heterocycles. The first-order valence-corrected chi connectivity index (χ1v) is 14.4. The van der Waals surface area contributed by atoms with Crippen molar-refractivity contribution >= 4 is 28.7 Å². The molecule has 9 heteroatoms. The highest BCUT2D eigenvalue weighted by atomic mass is 16.2. The van der Waals surface area contributed by atoms with Gasteiger partial charge in [-0.2, -0.15) is 0 Å². The summed E-state index contributed by atoms with van der Waals surface area (Å²) in [6.45, 7) is 3.00. The maximum Gasteiger partial charge on any atom is 0.318 e. The molecule has 5 N–H and O–H groups in total. The van der Waals surface area contributed by atoms with E-state index in [1.807, 2.05) is 48.7 Å². The minimum Gasteiger partial charge on any atom is -0.361 e. The Bertz CT molecular complexity index is 1300. The van der Waals surface area contributed by atoms with Crippen LogP contribution in [0.4, 0.5) is 4.79 Å². The third kappa shape index (κ3) is 6.65. The summed E-state index contributed by atoms with van der Waals surface area (Å²) < 4.78 is 0. The van der Waals surface area contributed by atoms with Crippen LogP contribution in [0.25, 0.3) is 10.9 Å². The van der Waals surface area contributed by atoms with Gasteiger partial charge in [0.15, 0.2) is 0 Å². The summed E-state index contributed by atoms with van der Waals surface area (Å²) in [5.74, 6) is 0.721. The first-order valence-electron chi connectivity index (χ1n) is 14.4. The Hall–Kier alpha value is -3.85. The molecule has 1 aliphatic carbocycles. The van der Waals surface area contributed by atoms with E-state index < -0.39 is 6.04 Å². The van der Waals surface area contributed by atoms with Gasteiger partial charge in [-0.25, -0.2) is 4.79 Å². The predicted molar refractivity (Wildman–Crippen MR) is 156 cm³/mol. The van der Waals surface area contributed by atoms with Crippen molar-refractivity contribution in [3.63, 3.8) is 0 Å². The van der Waals surface area contributed by atoms with Crippen LogP contribution in [-0.4, -0.2) is 77.9 Å². The predicted octanol–water partition coefficient (Wildman–Crippen LogP) is 3.13. The van der Waals surface area contributed by atoms with Gasteiger partial charge >= 0.3 is 6.03 Å². The number of carbonyl (C=O) groups is 3. The lowest BCUT2D eigenvalue weighted by Gasteiger charge is -2.35. The zero-order valence-corrected chi connectivity index (χ0v) is 23.0. The van der Waals surface area contributed by atoms with Gasteiger partial charge in [0.05, 0.1) is 0 Å². The Morgan fingerprint density at radius 3 is 2.40 bits per heavy atom. The first kappa shape index (κ1) is 27.7. The Kier molecular flexibility index (Phi) is 9.01. The number of H-pyrrole nitrogens is 1. The number of carbonyl (C=O) groups excluding carboxylic acids is 3. The van der Waals surface area contributed by atoms with E-state index in [0.29, 0.717) is 63.1 Å². The first-order chi connectivity index (χ1) is 19.5. The average molecular weight is 545 g/mol. The van der Waals surface area contributed by atoms with Crippen LogP contribution < -0.4 is 16.4 Å². The number of aromatic nitrogens is 1. The van der Waals surface area contributed by atoms with Gasteiger partial charge in [0.2, 0.25) is 5.91 Å². The fourth-order valence-corrected chi connectivity index (χ4v) is 6.02. The van der Waals surface area contributed by atoms with E-state index in [1.54, 1.807) is 21.9 Å². The van der Waals surface area contributed by atoms with Gasteiger partial charge in [-0.1, -0.05) is 42.8 Å². The Balaban J connectivity index is 1.22. The number of piperazine rings is 1. The fourth-order valence-electron chi connectivity index (χ4n) is 6.02. The van der Waals surface area contributed by atoms with Gasteiger partial charge in [-0.15, -0.1) is 0 Å². The maximum absolute atomic E-state index is 13.5. The molecule has 0 radical (unpaired) electrons. The highest BCUT2D eigenvalue weighted by Gasteiger charge is 2.29. The molecule has 2 fully saturated rings. The van der Waals surface area contributed by atoms with Crippen LogP contribution in [0.5, 0.6) is 0 Å². The monoisotopic (exact) mass is 544 g/mol. The molecule has 4 amide bonds. The van der Waals surface area contributed by atoms with E-state index in [9.17, 15) is 14.4 Å². The van der Waals surface area contributed by atoms with E-state index in [0.717, 1.165) is 42.1 Å². The standard InChI is InChI=1S/C31H40N6O3/c32-19-22-7-6-8-23(17-22)20-34-29(38)28(18-25-21-33-27-12-5-4-11-26(25)27)35-31(40)37-15-13-36(14-16-37)30(39)24-9-2-1-3-10-24/h1-5,9-12,21-23,28,33H,6-8,13-20,32H2,(H,34,38)(H,35,40). The fraction of sp³-hybridized carbons (Fsp3) is 0.452. The van der Waals surface area contributed by atoms with Crippen molar-refractivity contribution in [2.24, 2.45) is 17.6 Å². The molecule has 0 bridgehead atoms. The number of hydrogen-bond donors (Lipinski definition) is 4. The third-order valence-corrected chi connectivity index (χ3v) is 8.38. The number of nitrogens with two attached hydrogens (primary N) is 1. The van der Waals surface area contributed by atoms with Gasteiger partial charge in [0.25, 0.3) is 5.91 Å². The van der Waals surface area contributed by atoms with Crippen molar-refractivity contribution in [1.82, 2.24) is 25.4 Å². The molecular formula is C31H40N6O3. The zero-order valence-electron chi connectivity index (χ0n) is 23.0. The second-order valence-electron chi connectivity index (χ2n) is 11.1. The van der Waals surface area contributed by atoms with Crippen LogP contribution in [0.2, 0.25) is 0 Å². The number of hydrogen-bond acceptors (Lipinski definition) is 4. The molecule has 1 aliphatic heterocycles. The van der Waals surface area contributed by atoms with Crippen molar-refractivity contribution in [2.75, 3.05) is 39.3 Å². The quantitative estimate of drug-likeness (QED) is 0.348. The lowest BCUT2D eigenvalue weighted by molar-refractivity contribution is -0.123. The molecule has 1 aromatic heterocycles. The van der Waals surface area contributed by atoms with E-state index >= 15 is 0 Å². The number of amides is 4. The third-order valence-electron chi connectivity index (χ3n) is 8.38. The topological polar surface area (TPSA) is 124 Å². The normalized spacial score (nSPS) is 20.2. The molecule has 2 aliphatic rings. The molecule has 1 saturated carbocycles. The van der Waals surface area contributed by atoms with Crippen LogP contribution in [0.15, 0.2) is 60.8 Å². The molecule has 3 aromatic rings. The van der Waals surface area contributed by atoms with Gasteiger partial charge in [0, 0.05) is 61.8 Å². The van der Waals surface area contributed by atoms with Gasteiger partial charge in [-0.3, -0.25) is 9.59 Å². The molecule has 212 valence electrons. The summed E-state index contributed by atoms with van der Waals surface area (Å²) in [7, 11) is 0. The molecular weight excluding hydrogens is 504 g/mol. The Morgan fingerprint density at radius 2 is 1.62 bits per heavy atom. The number of aromatic amines is 1. The highest BCUT2D eigenvalue weighted by molar-refractivity contribution is 5.94. The summed E-state index contributed by atoms with van der Waals surface area (Å²) in [4.78, 5) is 46.4. The van der Waals surface area contributed by atoms with Crippen molar-refractivity contribution in [2.45, 2.75) is 38.1 Å². The molecule has 5 rings (SSSR count). The van der Waals surface area contributed by atoms with E-state index in [2.05, 4.69) is 15.6 Å². The van der Waals surface area contributed by atoms with Crippen LogP contribution in [-0.2, 0) is 11.2 Å². The SMILES string of the molecule is NCC1CCCC(CNC(=O)C(Cc2c[nH]c3ccccc23)NC(=O)N2CCN(C(=O)c3ccccc3)CC2)C1. The molecule has 2 aromatic carbocycles. The largest absolute Gasteiger partial charge is 0.361 e. The Labute approximate surface area is 235 Å². The smallest absolute Gasteiger partial charge is 0.318 e. The van der Waals surface area contributed by atoms with Crippen LogP contribution in [0, 0.1) is 11.8 Å². The molecule has 9 nitrogen and oxygen atoms in total. The lowest BCUT2D eigenvalue weighted by Crippen LogP contribution is -2.57. The average Bonchev–Trinajstić information content (AvgIpc) is 3.42. The summed E-state index contributed by atoms with van der Waals surface area (Å²) in [5.41, 5.74) is 8.53.